The molecule has 0 spiro atoms. The third kappa shape index (κ3) is 4.53. The lowest BCUT2D eigenvalue weighted by atomic mass is 10.1. The highest BCUT2D eigenvalue weighted by Gasteiger charge is 2.37. The molecule has 27 heavy (non-hydrogen) atoms. The van der Waals surface area contributed by atoms with Crippen LogP contribution in [0.3, 0.4) is 0 Å². The minimum Gasteiger partial charge on any atom is -0.465 e. The molecule has 12 heteroatoms. The first-order valence-corrected chi connectivity index (χ1v) is 9.16. The predicted molar refractivity (Wildman–Crippen MR) is 94.6 cm³/mol. The SMILES string of the molecule is CN(c1nc(Cl)nc2sc(CC(F)(F)F)cc12)[C@H]1C[C@@H](NC(=O)O)C[C@H]1O. The molecule has 1 fully saturated rings. The van der Waals surface area contributed by atoms with E-state index in [1.807, 2.05) is 0 Å². The molecule has 2 aromatic heterocycles. The number of carboxylic acid groups (broad SMARTS) is 1. The zero-order chi connectivity index (χ0) is 19.9. The van der Waals surface area contributed by atoms with Crippen molar-refractivity contribution in [2.75, 3.05) is 11.9 Å². The van der Waals surface area contributed by atoms with E-state index in [0.717, 1.165) is 11.3 Å². The van der Waals surface area contributed by atoms with Crippen molar-refractivity contribution in [1.29, 1.82) is 0 Å². The molecule has 0 bridgehead atoms. The zero-order valence-electron chi connectivity index (χ0n) is 14.0. The van der Waals surface area contributed by atoms with Crippen molar-refractivity contribution in [3.63, 3.8) is 0 Å². The molecule has 3 N–H and O–H groups in total. The van der Waals surface area contributed by atoms with Gasteiger partial charge in [-0.15, -0.1) is 11.3 Å². The van der Waals surface area contributed by atoms with E-state index in [-0.39, 0.29) is 16.6 Å². The maximum Gasteiger partial charge on any atom is 0.404 e. The standard InChI is InChI=1S/C15H16ClF3N4O3S/c1-23(9-2-6(3-10(9)24)20-14(25)26)11-8-4-7(5-15(17,18)19)27-12(8)22-13(16)21-11/h4,6,9-10,20,24H,2-3,5H2,1H3,(H,25,26)/t6-,9+,10-/m1/s1. The van der Waals surface area contributed by atoms with Crippen LogP contribution >= 0.6 is 22.9 Å². The fourth-order valence-corrected chi connectivity index (χ4v) is 4.61. The molecule has 148 valence electrons. The lowest BCUT2D eigenvalue weighted by Crippen LogP contribution is -2.39. The first-order valence-electron chi connectivity index (χ1n) is 7.96. The van der Waals surface area contributed by atoms with Gasteiger partial charge in [0.05, 0.1) is 24.0 Å². The fraction of sp³-hybridized carbons (Fsp3) is 0.533. The van der Waals surface area contributed by atoms with Gasteiger partial charge in [-0.2, -0.15) is 18.2 Å². The Kier molecular flexibility index (Phi) is 5.37. The minimum atomic E-state index is -4.35. The minimum absolute atomic E-state index is 0.0844. The molecule has 0 aliphatic heterocycles. The van der Waals surface area contributed by atoms with Crippen molar-refractivity contribution in [2.45, 2.75) is 43.6 Å². The fourth-order valence-electron chi connectivity index (χ4n) is 3.34. The molecule has 2 heterocycles. The van der Waals surface area contributed by atoms with Gasteiger partial charge in [0, 0.05) is 18.0 Å². The van der Waals surface area contributed by atoms with E-state index in [1.54, 1.807) is 11.9 Å². The van der Waals surface area contributed by atoms with Gasteiger partial charge in [0.1, 0.15) is 10.6 Å². The number of aliphatic hydroxyl groups is 1. The Morgan fingerprint density at radius 1 is 1.44 bits per heavy atom. The Labute approximate surface area is 160 Å². The molecule has 1 aliphatic rings. The number of halogens is 4. The first kappa shape index (κ1) is 19.9. The summed E-state index contributed by atoms with van der Waals surface area (Å²) < 4.78 is 38.1. The molecule has 2 aromatic rings. The van der Waals surface area contributed by atoms with Crippen LogP contribution in [-0.2, 0) is 6.42 Å². The van der Waals surface area contributed by atoms with Gasteiger partial charge in [-0.05, 0) is 30.5 Å². The van der Waals surface area contributed by atoms with Gasteiger partial charge in [-0.25, -0.2) is 9.78 Å². The van der Waals surface area contributed by atoms with Crippen molar-refractivity contribution >= 4 is 45.1 Å². The van der Waals surface area contributed by atoms with Crippen LogP contribution in [0.4, 0.5) is 23.8 Å². The number of hydrogen-bond donors (Lipinski definition) is 3. The van der Waals surface area contributed by atoms with E-state index in [2.05, 4.69) is 15.3 Å². The number of alkyl halides is 3. The topological polar surface area (TPSA) is 98.6 Å². The molecule has 0 saturated heterocycles. The number of nitrogens with zero attached hydrogens (tertiary/aromatic N) is 3. The number of carbonyl (C=O) groups is 1. The number of nitrogens with one attached hydrogen (secondary N) is 1. The molecule has 3 rings (SSSR count). The van der Waals surface area contributed by atoms with Gasteiger partial charge >= 0.3 is 12.3 Å². The van der Waals surface area contributed by atoms with E-state index in [0.29, 0.717) is 22.5 Å². The summed E-state index contributed by atoms with van der Waals surface area (Å²) in [6.45, 7) is 0. The van der Waals surface area contributed by atoms with E-state index in [9.17, 15) is 23.1 Å². The average molecular weight is 425 g/mol. The molecule has 7 nitrogen and oxygen atoms in total. The van der Waals surface area contributed by atoms with Gasteiger partial charge in [0.25, 0.3) is 0 Å². The summed E-state index contributed by atoms with van der Waals surface area (Å²) >= 11 is 6.82. The second kappa shape index (κ2) is 7.28. The maximum atomic E-state index is 12.7. The monoisotopic (exact) mass is 424 g/mol. The number of hydrogen-bond acceptors (Lipinski definition) is 6. The number of aliphatic hydroxyl groups excluding tert-OH is 1. The molecule has 0 radical (unpaired) electrons. The second-order valence-corrected chi connectivity index (χ2v) is 7.86. The summed E-state index contributed by atoms with van der Waals surface area (Å²) in [6, 6.07) is 0.479. The molecule has 0 aromatic carbocycles. The summed E-state index contributed by atoms with van der Waals surface area (Å²) in [5.41, 5.74) is 0. The van der Waals surface area contributed by atoms with Crippen molar-refractivity contribution in [2.24, 2.45) is 0 Å². The number of amides is 1. The lowest BCUT2D eigenvalue weighted by molar-refractivity contribution is -0.126. The third-order valence-electron chi connectivity index (χ3n) is 4.43. The van der Waals surface area contributed by atoms with Gasteiger partial charge in [0.2, 0.25) is 5.28 Å². The van der Waals surface area contributed by atoms with Crippen LogP contribution in [-0.4, -0.2) is 57.7 Å². The number of likely N-dealkylation sites (N-methyl/N-ethyl adjacent to an activating group) is 1. The zero-order valence-corrected chi connectivity index (χ0v) is 15.6. The van der Waals surface area contributed by atoms with Crippen LogP contribution in [0.5, 0.6) is 0 Å². The number of thiophene rings is 1. The summed E-state index contributed by atoms with van der Waals surface area (Å²) in [5, 5.41) is 21.8. The van der Waals surface area contributed by atoms with E-state index in [4.69, 9.17) is 16.7 Å². The highest BCUT2D eigenvalue weighted by atomic mass is 35.5. The summed E-state index contributed by atoms with van der Waals surface area (Å²) in [7, 11) is 1.64. The smallest absolute Gasteiger partial charge is 0.404 e. The second-order valence-electron chi connectivity index (χ2n) is 6.40. The van der Waals surface area contributed by atoms with Crippen LogP contribution in [0.25, 0.3) is 10.2 Å². The van der Waals surface area contributed by atoms with Crippen molar-refractivity contribution in [1.82, 2.24) is 15.3 Å². The Bertz CT molecular complexity index is 863. The van der Waals surface area contributed by atoms with Gasteiger partial charge in [-0.3, -0.25) is 0 Å². The van der Waals surface area contributed by atoms with Crippen LogP contribution in [0.1, 0.15) is 17.7 Å². The normalized spacial score (nSPS) is 23.0. The van der Waals surface area contributed by atoms with Gasteiger partial charge < -0.3 is 20.4 Å². The van der Waals surface area contributed by atoms with Crippen molar-refractivity contribution in [3.05, 3.63) is 16.2 Å². The summed E-state index contributed by atoms with van der Waals surface area (Å²) in [6.07, 6.45) is -6.88. The predicted octanol–water partition coefficient (Wildman–Crippen LogP) is 3.05. The van der Waals surface area contributed by atoms with Gasteiger partial charge in [0.15, 0.2) is 0 Å². The average Bonchev–Trinajstić information content (AvgIpc) is 3.05. The van der Waals surface area contributed by atoms with Crippen molar-refractivity contribution in [3.8, 4) is 0 Å². The number of aromatic nitrogens is 2. The number of rotatable bonds is 4. The van der Waals surface area contributed by atoms with Crippen LogP contribution < -0.4 is 10.2 Å². The largest absolute Gasteiger partial charge is 0.465 e. The van der Waals surface area contributed by atoms with Crippen LogP contribution in [0, 0.1) is 0 Å². The highest BCUT2D eigenvalue weighted by Crippen LogP contribution is 2.37. The highest BCUT2D eigenvalue weighted by molar-refractivity contribution is 7.18. The number of anilines is 1. The Balaban J connectivity index is 1.92. The maximum absolute atomic E-state index is 12.7. The summed E-state index contributed by atoms with van der Waals surface area (Å²) in [5.74, 6) is 0.301. The molecular weight excluding hydrogens is 409 g/mol. The van der Waals surface area contributed by atoms with E-state index >= 15 is 0 Å². The van der Waals surface area contributed by atoms with Gasteiger partial charge in [-0.1, -0.05) is 0 Å². The Morgan fingerprint density at radius 2 is 2.15 bits per heavy atom. The first-order chi connectivity index (χ1) is 12.5. The van der Waals surface area contributed by atoms with Crippen molar-refractivity contribution < 1.29 is 28.2 Å². The summed E-state index contributed by atoms with van der Waals surface area (Å²) in [4.78, 5) is 21.0. The van der Waals surface area contributed by atoms with Crippen LogP contribution in [0.2, 0.25) is 5.28 Å². The molecule has 1 aliphatic carbocycles. The lowest BCUT2D eigenvalue weighted by Gasteiger charge is -2.28. The Hall–Kier alpha value is -1.85. The van der Waals surface area contributed by atoms with E-state index in [1.165, 1.54) is 6.07 Å². The molecule has 1 amide bonds. The number of fused-ring (bicyclic) bond motifs is 1. The van der Waals surface area contributed by atoms with E-state index < -0.39 is 36.9 Å². The molecule has 1 saturated carbocycles. The molecule has 3 atom stereocenters. The van der Waals surface area contributed by atoms with Crippen LogP contribution in [0.15, 0.2) is 6.07 Å². The molecule has 0 unspecified atom stereocenters. The molecular formula is C15H16ClF3N4O3S. The Morgan fingerprint density at radius 3 is 2.78 bits per heavy atom. The quantitative estimate of drug-likeness (QED) is 0.652. The third-order valence-corrected chi connectivity index (χ3v) is 5.62.